The summed E-state index contributed by atoms with van der Waals surface area (Å²) in [6.07, 6.45) is 0.687. The molecule has 0 saturated heterocycles. The van der Waals surface area contributed by atoms with Gasteiger partial charge in [0.15, 0.2) is 0 Å². The summed E-state index contributed by atoms with van der Waals surface area (Å²) in [5.74, 6) is 0.925. The minimum atomic E-state index is -0.159. The minimum Gasteiger partial charge on any atom is -0.493 e. The number of benzene rings is 1. The van der Waals surface area contributed by atoms with E-state index in [0.29, 0.717) is 19.1 Å². The van der Waals surface area contributed by atoms with Crippen LogP contribution in [0.5, 0.6) is 5.75 Å². The highest BCUT2D eigenvalue weighted by Crippen LogP contribution is 2.32. The Morgan fingerprint density at radius 1 is 1.29 bits per heavy atom. The van der Waals surface area contributed by atoms with Crippen molar-refractivity contribution in [1.29, 1.82) is 5.26 Å². The molecule has 1 unspecified atom stereocenters. The Labute approximate surface area is 129 Å². The summed E-state index contributed by atoms with van der Waals surface area (Å²) in [6, 6.07) is 8.72. The van der Waals surface area contributed by atoms with E-state index in [4.69, 9.17) is 10.00 Å². The second kappa shape index (κ2) is 7.47. The van der Waals surface area contributed by atoms with Crippen LogP contribution in [-0.2, 0) is 5.41 Å². The number of nitrogens with one attached hydrogen (secondary N) is 1. The first-order valence-corrected chi connectivity index (χ1v) is 7.63. The summed E-state index contributed by atoms with van der Waals surface area (Å²) < 4.78 is 5.94. The van der Waals surface area contributed by atoms with E-state index >= 15 is 0 Å². The fraction of sp³-hybridized carbons (Fsp3) is 0.611. The van der Waals surface area contributed by atoms with Crippen molar-refractivity contribution in [3.63, 3.8) is 0 Å². The largest absolute Gasteiger partial charge is 0.493 e. The molecule has 1 atom stereocenters. The number of hydrogen-bond acceptors (Lipinski definition) is 3. The van der Waals surface area contributed by atoms with Crippen molar-refractivity contribution in [2.45, 2.75) is 65.5 Å². The van der Waals surface area contributed by atoms with Crippen LogP contribution in [0.15, 0.2) is 18.2 Å². The van der Waals surface area contributed by atoms with Crippen LogP contribution in [0, 0.1) is 18.3 Å². The molecule has 0 aliphatic carbocycles. The molecule has 0 aliphatic heterocycles. The minimum absolute atomic E-state index is 0.0478. The van der Waals surface area contributed by atoms with Gasteiger partial charge in [0.1, 0.15) is 5.75 Å². The van der Waals surface area contributed by atoms with Crippen molar-refractivity contribution >= 4 is 0 Å². The highest BCUT2D eigenvalue weighted by Gasteiger charge is 2.19. The molecule has 116 valence electrons. The molecule has 21 heavy (non-hydrogen) atoms. The smallest absolute Gasteiger partial charge is 0.123 e. The second-order valence-electron chi connectivity index (χ2n) is 6.89. The molecule has 1 rings (SSSR count). The summed E-state index contributed by atoms with van der Waals surface area (Å²) >= 11 is 0. The first-order valence-electron chi connectivity index (χ1n) is 7.63. The third-order valence-corrected chi connectivity index (χ3v) is 3.30. The molecule has 0 fully saturated rings. The predicted molar refractivity (Wildman–Crippen MR) is 87.7 cm³/mol. The lowest BCUT2D eigenvalue weighted by molar-refractivity contribution is 0.287. The first kappa shape index (κ1) is 17.5. The van der Waals surface area contributed by atoms with E-state index in [1.54, 1.807) is 0 Å². The maximum atomic E-state index is 9.12. The van der Waals surface area contributed by atoms with Crippen LogP contribution in [0.2, 0.25) is 0 Å². The van der Waals surface area contributed by atoms with Gasteiger partial charge in [0.05, 0.1) is 18.7 Å². The maximum Gasteiger partial charge on any atom is 0.123 e. The van der Waals surface area contributed by atoms with Crippen molar-refractivity contribution in [3.8, 4) is 11.8 Å². The van der Waals surface area contributed by atoms with Crippen molar-refractivity contribution in [3.05, 3.63) is 29.3 Å². The molecule has 0 amide bonds. The molecule has 0 heterocycles. The van der Waals surface area contributed by atoms with Gasteiger partial charge in [-0.2, -0.15) is 5.26 Å². The van der Waals surface area contributed by atoms with Crippen molar-refractivity contribution < 1.29 is 4.74 Å². The maximum absolute atomic E-state index is 9.12. The zero-order chi connectivity index (χ0) is 16.0. The van der Waals surface area contributed by atoms with E-state index in [-0.39, 0.29) is 11.5 Å². The quantitative estimate of drug-likeness (QED) is 0.862. The van der Waals surface area contributed by atoms with Crippen LogP contribution in [0.1, 0.15) is 52.2 Å². The Bertz CT molecular complexity index is 495. The summed E-state index contributed by atoms with van der Waals surface area (Å²) in [6.45, 7) is 13.3. The van der Waals surface area contributed by atoms with Gasteiger partial charge in [-0.1, -0.05) is 38.5 Å². The molecule has 0 radical (unpaired) electrons. The Hall–Kier alpha value is -1.53. The number of hydrogen-bond donors (Lipinski definition) is 1. The van der Waals surface area contributed by atoms with E-state index in [0.717, 1.165) is 5.75 Å². The normalized spacial score (nSPS) is 13.0. The van der Waals surface area contributed by atoms with E-state index in [9.17, 15) is 0 Å². The fourth-order valence-corrected chi connectivity index (χ4v) is 2.23. The van der Waals surface area contributed by atoms with Crippen LogP contribution in [0.3, 0.4) is 0 Å². The van der Waals surface area contributed by atoms with Crippen LogP contribution in [0.25, 0.3) is 0 Å². The Morgan fingerprint density at radius 3 is 2.48 bits per heavy atom. The first-order chi connectivity index (χ1) is 9.74. The van der Waals surface area contributed by atoms with Crippen molar-refractivity contribution in [2.24, 2.45) is 0 Å². The highest BCUT2D eigenvalue weighted by atomic mass is 16.5. The van der Waals surface area contributed by atoms with Crippen LogP contribution in [0.4, 0.5) is 0 Å². The van der Waals surface area contributed by atoms with Gasteiger partial charge < -0.3 is 4.74 Å². The monoisotopic (exact) mass is 288 g/mol. The zero-order valence-electron chi connectivity index (χ0n) is 14.2. The van der Waals surface area contributed by atoms with Crippen LogP contribution >= 0.6 is 0 Å². The van der Waals surface area contributed by atoms with Gasteiger partial charge in [-0.25, -0.2) is 0 Å². The molecule has 1 aromatic rings. The van der Waals surface area contributed by atoms with Gasteiger partial charge in [-0.3, -0.25) is 5.32 Å². The Balaban J connectivity index is 2.70. The van der Waals surface area contributed by atoms with Crippen molar-refractivity contribution in [2.75, 3.05) is 6.61 Å². The van der Waals surface area contributed by atoms with Gasteiger partial charge in [-0.15, -0.1) is 0 Å². The Kier molecular flexibility index (Phi) is 6.23. The third-order valence-electron chi connectivity index (χ3n) is 3.30. The number of ether oxygens (including phenoxy) is 1. The van der Waals surface area contributed by atoms with E-state index in [2.05, 4.69) is 51.2 Å². The third kappa shape index (κ3) is 5.77. The fourth-order valence-electron chi connectivity index (χ4n) is 2.23. The van der Waals surface area contributed by atoms with E-state index < -0.39 is 0 Å². The molecule has 0 spiro atoms. The van der Waals surface area contributed by atoms with Crippen LogP contribution < -0.4 is 10.1 Å². The topological polar surface area (TPSA) is 45.0 Å². The molecule has 0 aliphatic rings. The van der Waals surface area contributed by atoms with E-state index in [1.807, 2.05) is 19.9 Å². The molecule has 1 aromatic carbocycles. The lowest BCUT2D eigenvalue weighted by atomic mass is 9.85. The number of nitriles is 1. The summed E-state index contributed by atoms with van der Waals surface area (Å²) in [4.78, 5) is 0. The average molecular weight is 288 g/mol. The lowest BCUT2D eigenvalue weighted by Crippen LogP contribution is -2.34. The molecular weight excluding hydrogens is 260 g/mol. The van der Waals surface area contributed by atoms with Gasteiger partial charge in [0.25, 0.3) is 0 Å². The van der Waals surface area contributed by atoms with Crippen molar-refractivity contribution in [1.82, 2.24) is 5.32 Å². The summed E-state index contributed by atoms with van der Waals surface area (Å²) in [5.41, 5.74) is 2.50. The molecule has 0 aromatic heterocycles. The SMILES string of the molecule is Cc1ccc(OCCC(C#N)NC(C)C)c(C(C)(C)C)c1. The molecule has 3 nitrogen and oxygen atoms in total. The van der Waals surface area contributed by atoms with E-state index in [1.165, 1.54) is 11.1 Å². The van der Waals surface area contributed by atoms with Gasteiger partial charge in [0, 0.05) is 12.5 Å². The standard InChI is InChI=1S/C18H28N2O/c1-13(2)20-15(12-19)9-10-21-17-8-7-14(3)11-16(17)18(4,5)6/h7-8,11,13,15,20H,9-10H2,1-6H3. The summed E-state index contributed by atoms with van der Waals surface area (Å²) in [5, 5.41) is 12.4. The number of nitrogens with zero attached hydrogens (tertiary/aromatic N) is 1. The van der Waals surface area contributed by atoms with Gasteiger partial charge >= 0.3 is 0 Å². The molecule has 0 saturated carbocycles. The highest BCUT2D eigenvalue weighted by molar-refractivity contribution is 5.41. The van der Waals surface area contributed by atoms with Gasteiger partial charge in [0.2, 0.25) is 0 Å². The number of rotatable bonds is 6. The van der Waals surface area contributed by atoms with Crippen LogP contribution in [-0.4, -0.2) is 18.7 Å². The van der Waals surface area contributed by atoms with Gasteiger partial charge in [-0.05, 0) is 37.8 Å². The molecule has 0 bridgehead atoms. The molecule has 1 N–H and O–H groups in total. The zero-order valence-corrected chi connectivity index (χ0v) is 14.2. The second-order valence-corrected chi connectivity index (χ2v) is 6.89. The molecular formula is C18H28N2O. The molecule has 3 heteroatoms. The average Bonchev–Trinajstić information content (AvgIpc) is 2.37. The summed E-state index contributed by atoms with van der Waals surface area (Å²) in [7, 11) is 0. The lowest BCUT2D eigenvalue weighted by Gasteiger charge is -2.24. The predicted octanol–water partition coefficient (Wildman–Crippen LogP) is 3.95. The number of aryl methyl sites for hydroxylation is 1. The Morgan fingerprint density at radius 2 is 1.95 bits per heavy atom.